The Labute approximate surface area is 129 Å². The molecule has 0 amide bonds. The first-order valence-corrected chi connectivity index (χ1v) is 7.86. The van der Waals surface area contributed by atoms with E-state index in [2.05, 4.69) is 15.2 Å². The van der Waals surface area contributed by atoms with Crippen LogP contribution in [0.3, 0.4) is 0 Å². The molecule has 1 aliphatic rings. The number of hydrogen-bond donors (Lipinski definition) is 1. The van der Waals surface area contributed by atoms with Crippen molar-refractivity contribution in [1.29, 1.82) is 0 Å². The van der Waals surface area contributed by atoms with Crippen LogP contribution < -0.4 is 10.9 Å². The van der Waals surface area contributed by atoms with Crippen LogP contribution in [0.25, 0.3) is 0 Å². The van der Waals surface area contributed by atoms with Crippen LogP contribution in [0.1, 0.15) is 31.6 Å². The average molecular weight is 302 g/mol. The molecule has 3 heterocycles. The van der Waals surface area contributed by atoms with Crippen molar-refractivity contribution in [3.63, 3.8) is 0 Å². The Bertz CT molecular complexity index is 644. The molecule has 6 nitrogen and oxygen atoms in total. The summed E-state index contributed by atoms with van der Waals surface area (Å²) in [5, 5.41) is 3.21. The van der Waals surface area contributed by atoms with Gasteiger partial charge in [-0.25, -0.2) is 4.98 Å². The van der Waals surface area contributed by atoms with Crippen molar-refractivity contribution in [2.75, 3.05) is 25.0 Å². The molecule has 22 heavy (non-hydrogen) atoms. The molecule has 1 atom stereocenters. The van der Waals surface area contributed by atoms with Crippen molar-refractivity contribution in [3.05, 3.63) is 46.9 Å². The standard InChI is InChI=1S/C16H22N4O2/c1-2-19-10-7-17-15(16(19)21)18-12-13(14-6-5-11-22-14)20-8-3-4-9-20/h5-7,10-11,13H,2-4,8-9,12H2,1H3,(H,17,18). The quantitative estimate of drug-likeness (QED) is 0.885. The summed E-state index contributed by atoms with van der Waals surface area (Å²) in [5.41, 5.74) is -0.0791. The fraction of sp³-hybridized carbons (Fsp3) is 0.500. The van der Waals surface area contributed by atoms with E-state index in [-0.39, 0.29) is 11.6 Å². The first-order chi connectivity index (χ1) is 10.8. The van der Waals surface area contributed by atoms with Gasteiger partial charge in [0.25, 0.3) is 5.56 Å². The largest absolute Gasteiger partial charge is 0.468 e. The molecule has 1 unspecified atom stereocenters. The Hall–Kier alpha value is -2.08. The third kappa shape index (κ3) is 3.06. The van der Waals surface area contributed by atoms with Gasteiger partial charge in [-0.3, -0.25) is 9.69 Å². The summed E-state index contributed by atoms with van der Waals surface area (Å²) >= 11 is 0. The molecule has 118 valence electrons. The molecule has 0 aliphatic carbocycles. The molecule has 6 heteroatoms. The van der Waals surface area contributed by atoms with E-state index in [4.69, 9.17) is 4.42 Å². The molecule has 0 radical (unpaired) electrons. The van der Waals surface area contributed by atoms with E-state index in [1.807, 2.05) is 19.1 Å². The van der Waals surface area contributed by atoms with Gasteiger partial charge in [0.15, 0.2) is 5.82 Å². The summed E-state index contributed by atoms with van der Waals surface area (Å²) < 4.78 is 7.23. The molecule has 2 aromatic rings. The highest BCUT2D eigenvalue weighted by Gasteiger charge is 2.25. The summed E-state index contributed by atoms with van der Waals surface area (Å²) in [4.78, 5) is 18.8. The lowest BCUT2D eigenvalue weighted by atomic mass is 10.2. The van der Waals surface area contributed by atoms with Crippen LogP contribution in [0, 0.1) is 0 Å². The Morgan fingerprint density at radius 3 is 2.91 bits per heavy atom. The number of hydrogen-bond acceptors (Lipinski definition) is 5. The van der Waals surface area contributed by atoms with Gasteiger partial charge in [0.2, 0.25) is 0 Å². The number of aryl methyl sites for hydroxylation is 1. The average Bonchev–Trinajstić information content (AvgIpc) is 3.22. The van der Waals surface area contributed by atoms with E-state index in [1.54, 1.807) is 23.2 Å². The molecule has 0 bridgehead atoms. The Kier molecular flexibility index (Phi) is 4.58. The molecule has 0 spiro atoms. The number of nitrogens with zero attached hydrogens (tertiary/aromatic N) is 3. The topological polar surface area (TPSA) is 63.3 Å². The van der Waals surface area contributed by atoms with Crippen LogP contribution in [-0.2, 0) is 6.54 Å². The fourth-order valence-electron chi connectivity index (χ4n) is 2.95. The zero-order valence-electron chi connectivity index (χ0n) is 12.9. The van der Waals surface area contributed by atoms with Crippen molar-refractivity contribution in [1.82, 2.24) is 14.5 Å². The van der Waals surface area contributed by atoms with Crippen molar-refractivity contribution in [3.8, 4) is 0 Å². The highest BCUT2D eigenvalue weighted by Crippen LogP contribution is 2.25. The Morgan fingerprint density at radius 2 is 2.23 bits per heavy atom. The summed E-state index contributed by atoms with van der Waals surface area (Å²) in [6, 6.07) is 4.03. The van der Waals surface area contributed by atoms with E-state index < -0.39 is 0 Å². The number of anilines is 1. The van der Waals surface area contributed by atoms with E-state index in [9.17, 15) is 4.79 Å². The van der Waals surface area contributed by atoms with Crippen LogP contribution >= 0.6 is 0 Å². The van der Waals surface area contributed by atoms with Gasteiger partial charge in [-0.05, 0) is 45.0 Å². The summed E-state index contributed by atoms with van der Waals surface area (Å²) in [6.45, 7) is 5.33. The van der Waals surface area contributed by atoms with Gasteiger partial charge in [0.1, 0.15) is 5.76 Å². The number of furan rings is 1. The Morgan fingerprint density at radius 1 is 1.41 bits per heavy atom. The number of rotatable bonds is 6. The lowest BCUT2D eigenvalue weighted by molar-refractivity contribution is 0.225. The maximum absolute atomic E-state index is 12.2. The molecule has 1 aliphatic heterocycles. The lowest BCUT2D eigenvalue weighted by Gasteiger charge is -2.26. The predicted molar refractivity (Wildman–Crippen MR) is 84.9 cm³/mol. The minimum Gasteiger partial charge on any atom is -0.468 e. The second kappa shape index (κ2) is 6.79. The lowest BCUT2D eigenvalue weighted by Crippen LogP contribution is -2.33. The van der Waals surface area contributed by atoms with Crippen LogP contribution in [0.4, 0.5) is 5.82 Å². The molecular formula is C16H22N4O2. The zero-order chi connectivity index (χ0) is 15.4. The van der Waals surface area contributed by atoms with Gasteiger partial charge in [-0.2, -0.15) is 0 Å². The molecular weight excluding hydrogens is 280 g/mol. The number of likely N-dealkylation sites (tertiary alicyclic amines) is 1. The molecule has 2 aromatic heterocycles. The molecule has 0 saturated carbocycles. The van der Waals surface area contributed by atoms with Gasteiger partial charge in [0.05, 0.1) is 12.3 Å². The van der Waals surface area contributed by atoms with E-state index in [1.165, 1.54) is 12.8 Å². The summed E-state index contributed by atoms with van der Waals surface area (Å²) in [5.74, 6) is 1.33. The smallest absolute Gasteiger partial charge is 0.293 e. The molecule has 1 fully saturated rings. The van der Waals surface area contributed by atoms with E-state index >= 15 is 0 Å². The Balaban J connectivity index is 1.76. The van der Waals surface area contributed by atoms with Gasteiger partial charge in [-0.1, -0.05) is 0 Å². The van der Waals surface area contributed by atoms with Crippen LogP contribution in [0.2, 0.25) is 0 Å². The van der Waals surface area contributed by atoms with Crippen LogP contribution in [0.15, 0.2) is 40.0 Å². The first kappa shape index (κ1) is 14.8. The highest BCUT2D eigenvalue weighted by atomic mass is 16.3. The van der Waals surface area contributed by atoms with Crippen LogP contribution in [0.5, 0.6) is 0 Å². The number of aromatic nitrogens is 2. The second-order valence-electron chi connectivity index (χ2n) is 5.52. The van der Waals surface area contributed by atoms with Gasteiger partial charge < -0.3 is 14.3 Å². The third-order valence-electron chi connectivity index (χ3n) is 4.17. The molecule has 1 saturated heterocycles. The second-order valence-corrected chi connectivity index (χ2v) is 5.52. The SMILES string of the molecule is CCn1ccnc(NCC(c2ccco2)N2CCCC2)c1=O. The highest BCUT2D eigenvalue weighted by molar-refractivity contribution is 5.31. The van der Waals surface area contributed by atoms with E-state index in [0.29, 0.717) is 18.9 Å². The summed E-state index contributed by atoms with van der Waals surface area (Å²) in [7, 11) is 0. The molecule has 1 N–H and O–H groups in total. The monoisotopic (exact) mass is 302 g/mol. The predicted octanol–water partition coefficient (Wildman–Crippen LogP) is 2.11. The molecule has 3 rings (SSSR count). The fourth-order valence-corrected chi connectivity index (χ4v) is 2.95. The number of nitrogens with one attached hydrogen (secondary N) is 1. The van der Waals surface area contributed by atoms with Crippen molar-refractivity contribution in [2.24, 2.45) is 0 Å². The minimum atomic E-state index is -0.0791. The summed E-state index contributed by atoms with van der Waals surface area (Å²) in [6.07, 6.45) is 7.49. The minimum absolute atomic E-state index is 0.0791. The zero-order valence-corrected chi connectivity index (χ0v) is 12.9. The van der Waals surface area contributed by atoms with Crippen molar-refractivity contribution < 1.29 is 4.42 Å². The van der Waals surface area contributed by atoms with Gasteiger partial charge in [-0.15, -0.1) is 0 Å². The van der Waals surface area contributed by atoms with Crippen LogP contribution in [-0.4, -0.2) is 34.1 Å². The maximum atomic E-state index is 12.2. The van der Waals surface area contributed by atoms with E-state index in [0.717, 1.165) is 18.8 Å². The normalized spacial score (nSPS) is 16.8. The third-order valence-corrected chi connectivity index (χ3v) is 4.17. The first-order valence-electron chi connectivity index (χ1n) is 7.86. The maximum Gasteiger partial charge on any atom is 0.293 e. The van der Waals surface area contributed by atoms with Crippen molar-refractivity contribution >= 4 is 5.82 Å². The molecule has 0 aromatic carbocycles. The van der Waals surface area contributed by atoms with Gasteiger partial charge >= 0.3 is 0 Å². The van der Waals surface area contributed by atoms with Crippen molar-refractivity contribution in [2.45, 2.75) is 32.4 Å². The van der Waals surface area contributed by atoms with Gasteiger partial charge in [0, 0.05) is 25.5 Å².